The van der Waals surface area contributed by atoms with Crippen molar-refractivity contribution in [3.05, 3.63) is 35.9 Å². The van der Waals surface area contributed by atoms with Gasteiger partial charge in [0.1, 0.15) is 0 Å². The third-order valence-electron chi connectivity index (χ3n) is 2.81. The van der Waals surface area contributed by atoms with Gasteiger partial charge in [-0.15, -0.1) is 0 Å². The number of hydrogen-bond donors (Lipinski definition) is 1. The summed E-state index contributed by atoms with van der Waals surface area (Å²) in [7, 11) is 0. The number of benzene rings is 1. The van der Waals surface area contributed by atoms with Gasteiger partial charge in [-0.2, -0.15) is 0 Å². The van der Waals surface area contributed by atoms with Gasteiger partial charge in [-0.05, 0) is 31.5 Å². The zero-order valence-corrected chi connectivity index (χ0v) is 8.39. The van der Waals surface area contributed by atoms with E-state index in [1.165, 1.54) is 12.8 Å². The Bertz CT molecular complexity index is 267. The summed E-state index contributed by atoms with van der Waals surface area (Å²) >= 11 is 0. The lowest BCUT2D eigenvalue weighted by atomic mass is 10.1. The second-order valence-electron chi connectivity index (χ2n) is 3.93. The molecule has 2 nitrogen and oxygen atoms in total. The minimum absolute atomic E-state index is 0.325. The monoisotopic (exact) mass is 191 g/mol. The van der Waals surface area contributed by atoms with Crippen molar-refractivity contribution in [3.8, 4) is 0 Å². The molecule has 1 saturated heterocycles. The first kappa shape index (κ1) is 9.69. The van der Waals surface area contributed by atoms with Crippen molar-refractivity contribution < 1.29 is 5.11 Å². The maximum absolute atomic E-state index is 9.94. The van der Waals surface area contributed by atoms with Crippen molar-refractivity contribution >= 4 is 0 Å². The number of β-amino-alcohol motifs (C(OH)–C–C–N with tert-alkyl or cyclic N) is 1. The van der Waals surface area contributed by atoms with E-state index in [4.69, 9.17) is 0 Å². The molecule has 0 radical (unpaired) electrons. The molecule has 2 heteroatoms. The lowest BCUT2D eigenvalue weighted by molar-refractivity contribution is 0.126. The summed E-state index contributed by atoms with van der Waals surface area (Å²) in [6, 6.07) is 9.90. The summed E-state index contributed by atoms with van der Waals surface area (Å²) in [4.78, 5) is 2.33. The summed E-state index contributed by atoms with van der Waals surface area (Å²) in [5.74, 6) is 0. The van der Waals surface area contributed by atoms with Crippen LogP contribution in [0.2, 0.25) is 0 Å². The predicted molar refractivity (Wildman–Crippen MR) is 57.1 cm³/mol. The Hall–Kier alpha value is -0.860. The van der Waals surface area contributed by atoms with Gasteiger partial charge in [-0.3, -0.25) is 0 Å². The Morgan fingerprint density at radius 3 is 2.43 bits per heavy atom. The van der Waals surface area contributed by atoms with Crippen molar-refractivity contribution in [1.82, 2.24) is 4.90 Å². The summed E-state index contributed by atoms with van der Waals surface area (Å²) in [5.41, 5.74) is 1.03. The highest BCUT2D eigenvalue weighted by atomic mass is 16.3. The van der Waals surface area contributed by atoms with E-state index in [-0.39, 0.29) is 6.10 Å². The molecule has 0 spiro atoms. The van der Waals surface area contributed by atoms with E-state index in [9.17, 15) is 5.11 Å². The molecule has 0 aromatic heterocycles. The van der Waals surface area contributed by atoms with Crippen molar-refractivity contribution in [3.63, 3.8) is 0 Å². The van der Waals surface area contributed by atoms with E-state index in [0.29, 0.717) is 0 Å². The average Bonchev–Trinajstić information content (AvgIpc) is 2.72. The molecule has 0 amide bonds. The first-order valence-corrected chi connectivity index (χ1v) is 5.31. The fraction of sp³-hybridized carbons (Fsp3) is 0.500. The summed E-state index contributed by atoms with van der Waals surface area (Å²) in [6.45, 7) is 3.07. The van der Waals surface area contributed by atoms with Crippen LogP contribution in [0.15, 0.2) is 30.3 Å². The van der Waals surface area contributed by atoms with Gasteiger partial charge >= 0.3 is 0 Å². The zero-order valence-electron chi connectivity index (χ0n) is 8.39. The highest BCUT2D eigenvalue weighted by molar-refractivity contribution is 5.17. The van der Waals surface area contributed by atoms with E-state index in [2.05, 4.69) is 4.90 Å². The van der Waals surface area contributed by atoms with Crippen LogP contribution >= 0.6 is 0 Å². The molecule has 0 saturated carbocycles. The molecular formula is C12H17NO. The lowest BCUT2D eigenvalue weighted by Crippen LogP contribution is -2.25. The SMILES string of the molecule is O[C@H](CN1CCCC1)c1ccccc1. The average molecular weight is 191 g/mol. The number of aliphatic hydroxyl groups excluding tert-OH is 1. The van der Waals surface area contributed by atoms with Crippen LogP contribution in [0.25, 0.3) is 0 Å². The minimum Gasteiger partial charge on any atom is -0.387 e. The van der Waals surface area contributed by atoms with Crippen LogP contribution in [0.4, 0.5) is 0 Å². The summed E-state index contributed by atoms with van der Waals surface area (Å²) in [6.07, 6.45) is 2.23. The molecule has 14 heavy (non-hydrogen) atoms. The Labute approximate surface area is 85.2 Å². The molecule has 1 fully saturated rings. The quantitative estimate of drug-likeness (QED) is 0.787. The van der Waals surface area contributed by atoms with Gasteiger partial charge in [0.05, 0.1) is 6.10 Å². The third kappa shape index (κ3) is 2.34. The smallest absolute Gasteiger partial charge is 0.0916 e. The molecule has 0 aliphatic carbocycles. The molecule has 0 unspecified atom stereocenters. The molecule has 76 valence electrons. The van der Waals surface area contributed by atoms with Gasteiger partial charge in [-0.25, -0.2) is 0 Å². The molecule has 2 rings (SSSR count). The molecule has 1 aliphatic heterocycles. The third-order valence-corrected chi connectivity index (χ3v) is 2.81. The van der Waals surface area contributed by atoms with E-state index in [0.717, 1.165) is 25.2 Å². The van der Waals surface area contributed by atoms with Crippen LogP contribution in [0, 0.1) is 0 Å². The molecule has 1 N–H and O–H groups in total. The van der Waals surface area contributed by atoms with Gasteiger partial charge < -0.3 is 10.0 Å². The second-order valence-corrected chi connectivity index (χ2v) is 3.93. The Morgan fingerprint density at radius 2 is 1.79 bits per heavy atom. The highest BCUT2D eigenvalue weighted by Crippen LogP contribution is 2.16. The Morgan fingerprint density at radius 1 is 1.14 bits per heavy atom. The van der Waals surface area contributed by atoms with Crippen LogP contribution < -0.4 is 0 Å². The van der Waals surface area contributed by atoms with Gasteiger partial charge in [0.2, 0.25) is 0 Å². The normalized spacial score (nSPS) is 19.8. The number of likely N-dealkylation sites (tertiary alicyclic amines) is 1. The van der Waals surface area contributed by atoms with E-state index >= 15 is 0 Å². The lowest BCUT2D eigenvalue weighted by Gasteiger charge is -2.19. The fourth-order valence-electron chi connectivity index (χ4n) is 1.99. The Balaban J connectivity index is 1.92. The second kappa shape index (κ2) is 4.58. The maximum atomic E-state index is 9.94. The van der Waals surface area contributed by atoms with E-state index in [1.807, 2.05) is 30.3 Å². The topological polar surface area (TPSA) is 23.5 Å². The first-order chi connectivity index (χ1) is 6.86. The van der Waals surface area contributed by atoms with E-state index in [1.54, 1.807) is 0 Å². The number of aliphatic hydroxyl groups is 1. The first-order valence-electron chi connectivity index (χ1n) is 5.31. The van der Waals surface area contributed by atoms with Gasteiger partial charge in [0.15, 0.2) is 0 Å². The van der Waals surface area contributed by atoms with Crippen LogP contribution in [-0.2, 0) is 0 Å². The number of rotatable bonds is 3. The van der Waals surface area contributed by atoms with Gasteiger partial charge in [-0.1, -0.05) is 30.3 Å². The van der Waals surface area contributed by atoms with Crippen LogP contribution in [0.5, 0.6) is 0 Å². The molecule has 1 aromatic rings. The summed E-state index contributed by atoms with van der Waals surface area (Å²) in [5, 5.41) is 9.94. The van der Waals surface area contributed by atoms with Crippen LogP contribution in [0.1, 0.15) is 24.5 Å². The van der Waals surface area contributed by atoms with Crippen LogP contribution in [0.3, 0.4) is 0 Å². The van der Waals surface area contributed by atoms with Crippen molar-refractivity contribution in [2.24, 2.45) is 0 Å². The molecule has 1 aromatic carbocycles. The predicted octanol–water partition coefficient (Wildman–Crippen LogP) is 1.82. The minimum atomic E-state index is -0.325. The molecule has 1 aliphatic rings. The molecular weight excluding hydrogens is 174 g/mol. The number of hydrogen-bond acceptors (Lipinski definition) is 2. The maximum Gasteiger partial charge on any atom is 0.0916 e. The fourth-order valence-corrected chi connectivity index (χ4v) is 1.99. The largest absolute Gasteiger partial charge is 0.387 e. The number of nitrogens with zero attached hydrogens (tertiary/aromatic N) is 1. The van der Waals surface area contributed by atoms with Crippen molar-refractivity contribution in [2.75, 3.05) is 19.6 Å². The van der Waals surface area contributed by atoms with Gasteiger partial charge in [0.25, 0.3) is 0 Å². The van der Waals surface area contributed by atoms with Crippen LogP contribution in [-0.4, -0.2) is 29.6 Å². The van der Waals surface area contributed by atoms with E-state index < -0.39 is 0 Å². The highest BCUT2D eigenvalue weighted by Gasteiger charge is 2.16. The van der Waals surface area contributed by atoms with Crippen molar-refractivity contribution in [1.29, 1.82) is 0 Å². The molecule has 1 heterocycles. The Kier molecular flexibility index (Phi) is 3.17. The summed E-state index contributed by atoms with van der Waals surface area (Å²) < 4.78 is 0. The standard InChI is InChI=1S/C12H17NO/c14-12(10-13-8-4-5-9-13)11-6-2-1-3-7-11/h1-3,6-7,12,14H,4-5,8-10H2/t12-/m1/s1. The zero-order chi connectivity index (χ0) is 9.80. The molecule has 1 atom stereocenters. The van der Waals surface area contributed by atoms with Crippen molar-refractivity contribution in [2.45, 2.75) is 18.9 Å². The van der Waals surface area contributed by atoms with Gasteiger partial charge in [0, 0.05) is 6.54 Å². The molecule has 0 bridgehead atoms.